The van der Waals surface area contributed by atoms with Gasteiger partial charge in [-0.2, -0.15) is 0 Å². The Morgan fingerprint density at radius 2 is 1.79 bits per heavy atom. The van der Waals surface area contributed by atoms with Gasteiger partial charge in [-0.3, -0.25) is 10.1 Å². The van der Waals surface area contributed by atoms with Crippen molar-refractivity contribution in [2.24, 2.45) is 0 Å². The van der Waals surface area contributed by atoms with Gasteiger partial charge in [0.15, 0.2) is 11.2 Å². The zero-order chi connectivity index (χ0) is 21.0. The van der Waals surface area contributed by atoms with E-state index >= 15 is 0 Å². The summed E-state index contributed by atoms with van der Waals surface area (Å²) >= 11 is 1.37. The van der Waals surface area contributed by atoms with E-state index in [0.29, 0.717) is 10.9 Å². The van der Waals surface area contributed by atoms with E-state index in [-0.39, 0.29) is 11.3 Å². The smallest absolute Gasteiger partial charge is 0.266 e. The van der Waals surface area contributed by atoms with Gasteiger partial charge in [-0.15, -0.1) is 11.3 Å². The van der Waals surface area contributed by atoms with Gasteiger partial charge in [-0.1, -0.05) is 45.0 Å². The molecule has 6 heteroatoms. The first-order chi connectivity index (χ1) is 13.8. The number of benzene rings is 2. The summed E-state index contributed by atoms with van der Waals surface area (Å²) in [6.45, 7) is 8.20. The van der Waals surface area contributed by atoms with Gasteiger partial charge in [0.05, 0.1) is 12.8 Å². The maximum Gasteiger partial charge on any atom is 0.266 e. The molecule has 0 radical (unpaired) electrons. The summed E-state index contributed by atoms with van der Waals surface area (Å²) in [7, 11) is 1.63. The molecule has 0 aliphatic rings. The molecule has 0 spiro atoms. The fraction of sp³-hybridized carbons (Fsp3) is 0.304. The highest BCUT2D eigenvalue weighted by Gasteiger charge is 2.18. The number of thiazole rings is 1. The fourth-order valence-corrected chi connectivity index (χ4v) is 3.52. The quantitative estimate of drug-likeness (QED) is 0.581. The summed E-state index contributed by atoms with van der Waals surface area (Å²) in [5.74, 6) is 1.16. The Balaban J connectivity index is 1.64. The number of hydrogen-bond acceptors (Lipinski definition) is 5. The molecule has 0 saturated heterocycles. The van der Waals surface area contributed by atoms with Gasteiger partial charge < -0.3 is 9.47 Å². The number of hydrogen-bond donors (Lipinski definition) is 1. The average molecular weight is 411 g/mol. The third-order valence-electron chi connectivity index (χ3n) is 4.52. The normalized spacial score (nSPS) is 12.3. The van der Waals surface area contributed by atoms with Crippen LogP contribution >= 0.6 is 11.3 Å². The van der Waals surface area contributed by atoms with Crippen molar-refractivity contribution in [1.82, 2.24) is 4.98 Å². The van der Waals surface area contributed by atoms with Crippen LogP contribution in [0, 0.1) is 0 Å². The molecule has 5 nitrogen and oxygen atoms in total. The van der Waals surface area contributed by atoms with Crippen LogP contribution in [0.15, 0.2) is 53.9 Å². The first-order valence-corrected chi connectivity index (χ1v) is 10.3. The minimum Gasteiger partial charge on any atom is -0.496 e. The second-order valence-corrected chi connectivity index (χ2v) is 8.62. The Morgan fingerprint density at radius 1 is 1.10 bits per heavy atom. The second kappa shape index (κ2) is 8.66. The predicted octanol–water partition coefficient (Wildman–Crippen LogP) is 5.52. The molecular weight excluding hydrogens is 384 g/mol. The van der Waals surface area contributed by atoms with Gasteiger partial charge in [0.2, 0.25) is 0 Å². The number of nitrogens with zero attached hydrogens (tertiary/aromatic N) is 1. The maximum atomic E-state index is 12.5. The zero-order valence-electron chi connectivity index (χ0n) is 17.4. The van der Waals surface area contributed by atoms with Crippen molar-refractivity contribution in [1.29, 1.82) is 0 Å². The number of aromatic nitrogens is 1. The summed E-state index contributed by atoms with van der Waals surface area (Å²) in [5.41, 5.74) is 2.93. The third-order valence-corrected chi connectivity index (χ3v) is 5.28. The van der Waals surface area contributed by atoms with Gasteiger partial charge in [-0.05, 0) is 42.2 Å². The molecule has 1 N–H and O–H groups in total. The van der Waals surface area contributed by atoms with Crippen molar-refractivity contribution in [2.75, 3.05) is 12.4 Å². The largest absolute Gasteiger partial charge is 0.496 e. The maximum absolute atomic E-state index is 12.5. The van der Waals surface area contributed by atoms with Gasteiger partial charge in [0.25, 0.3) is 5.91 Å². The number of anilines is 1. The highest BCUT2D eigenvalue weighted by atomic mass is 32.1. The predicted molar refractivity (Wildman–Crippen MR) is 118 cm³/mol. The molecule has 0 saturated carbocycles. The minimum atomic E-state index is -0.644. The van der Waals surface area contributed by atoms with Gasteiger partial charge in [0, 0.05) is 10.9 Å². The second-order valence-electron chi connectivity index (χ2n) is 7.76. The number of methoxy groups -OCH3 is 1. The van der Waals surface area contributed by atoms with E-state index in [4.69, 9.17) is 9.47 Å². The number of amides is 1. The molecule has 1 amide bonds. The molecule has 0 fully saturated rings. The lowest BCUT2D eigenvalue weighted by molar-refractivity contribution is -0.122. The van der Waals surface area contributed by atoms with Crippen molar-refractivity contribution < 1.29 is 14.3 Å². The van der Waals surface area contributed by atoms with Crippen LogP contribution in [0.4, 0.5) is 5.13 Å². The number of carbonyl (C=O) groups excluding carboxylic acids is 1. The molecule has 1 heterocycles. The van der Waals surface area contributed by atoms with Crippen LogP contribution in [0.5, 0.6) is 11.5 Å². The van der Waals surface area contributed by atoms with Crippen molar-refractivity contribution in [3.05, 3.63) is 59.5 Å². The lowest BCUT2D eigenvalue weighted by Crippen LogP contribution is -2.30. The van der Waals surface area contributed by atoms with Crippen LogP contribution < -0.4 is 14.8 Å². The number of carbonyl (C=O) groups is 1. The molecule has 0 aliphatic heterocycles. The minimum absolute atomic E-state index is 0.0749. The molecule has 0 bridgehead atoms. The summed E-state index contributed by atoms with van der Waals surface area (Å²) in [6.07, 6.45) is -0.644. The molecule has 1 unspecified atom stereocenters. The van der Waals surface area contributed by atoms with Crippen molar-refractivity contribution in [3.8, 4) is 22.8 Å². The summed E-state index contributed by atoms with van der Waals surface area (Å²) in [4.78, 5) is 17.0. The summed E-state index contributed by atoms with van der Waals surface area (Å²) in [6, 6.07) is 15.5. The fourth-order valence-electron chi connectivity index (χ4n) is 2.81. The molecule has 1 aromatic heterocycles. The number of ether oxygens (including phenoxy) is 2. The van der Waals surface area contributed by atoms with E-state index in [0.717, 1.165) is 17.0 Å². The molecule has 3 aromatic rings. The average Bonchev–Trinajstić information content (AvgIpc) is 3.15. The Morgan fingerprint density at radius 3 is 2.45 bits per heavy atom. The van der Waals surface area contributed by atoms with Crippen molar-refractivity contribution in [3.63, 3.8) is 0 Å². The highest BCUT2D eigenvalue weighted by molar-refractivity contribution is 7.14. The SMILES string of the molecule is COc1ccccc1-c1csc(NC(=O)C(C)Oc2ccc(C(C)(C)C)cc2)n1. The first kappa shape index (κ1) is 20.9. The monoisotopic (exact) mass is 410 g/mol. The molecule has 0 aliphatic carbocycles. The van der Waals surface area contributed by atoms with Crippen molar-refractivity contribution >= 4 is 22.4 Å². The lowest BCUT2D eigenvalue weighted by atomic mass is 9.87. The Kier molecular flexibility index (Phi) is 6.23. The summed E-state index contributed by atoms with van der Waals surface area (Å²) < 4.78 is 11.2. The zero-order valence-corrected chi connectivity index (χ0v) is 18.2. The van der Waals surface area contributed by atoms with E-state index in [1.165, 1.54) is 16.9 Å². The Hall–Kier alpha value is -2.86. The van der Waals surface area contributed by atoms with E-state index < -0.39 is 6.10 Å². The molecule has 1 atom stereocenters. The molecule has 2 aromatic carbocycles. The van der Waals surface area contributed by atoms with Gasteiger partial charge >= 0.3 is 0 Å². The van der Waals surface area contributed by atoms with Crippen molar-refractivity contribution in [2.45, 2.75) is 39.2 Å². The van der Waals surface area contributed by atoms with Crippen LogP contribution in [0.1, 0.15) is 33.3 Å². The standard InChI is InChI=1S/C23H26N2O3S/c1-15(28-17-12-10-16(11-13-17)23(2,3)4)21(26)25-22-24-19(14-29-22)18-8-6-7-9-20(18)27-5/h6-15H,1-5H3,(H,24,25,26). The Bertz CT molecular complexity index is 974. The topological polar surface area (TPSA) is 60.5 Å². The van der Waals surface area contributed by atoms with E-state index in [1.54, 1.807) is 14.0 Å². The van der Waals surface area contributed by atoms with Gasteiger partial charge in [0.1, 0.15) is 11.5 Å². The van der Waals surface area contributed by atoms with Crippen LogP contribution in [0.2, 0.25) is 0 Å². The number of para-hydroxylation sites is 1. The highest BCUT2D eigenvalue weighted by Crippen LogP contribution is 2.32. The number of rotatable bonds is 6. The van der Waals surface area contributed by atoms with E-state index in [1.807, 2.05) is 53.9 Å². The third kappa shape index (κ3) is 5.15. The summed E-state index contributed by atoms with van der Waals surface area (Å²) in [5, 5.41) is 5.24. The van der Waals surface area contributed by atoms with Crippen LogP contribution in [0.3, 0.4) is 0 Å². The molecule has 152 valence electrons. The van der Waals surface area contributed by atoms with Crippen LogP contribution in [-0.2, 0) is 10.2 Å². The van der Waals surface area contributed by atoms with Gasteiger partial charge in [-0.25, -0.2) is 4.98 Å². The van der Waals surface area contributed by atoms with Crippen LogP contribution in [-0.4, -0.2) is 24.1 Å². The van der Waals surface area contributed by atoms with Crippen LogP contribution in [0.25, 0.3) is 11.3 Å². The molecule has 3 rings (SSSR count). The lowest BCUT2D eigenvalue weighted by Gasteiger charge is -2.20. The number of nitrogens with one attached hydrogen (secondary N) is 1. The molecule has 29 heavy (non-hydrogen) atoms. The first-order valence-electron chi connectivity index (χ1n) is 9.45. The molecular formula is C23H26N2O3S. The Labute approximate surface area is 175 Å². The van der Waals surface area contributed by atoms with E-state index in [2.05, 4.69) is 31.1 Å². The van der Waals surface area contributed by atoms with E-state index in [9.17, 15) is 4.79 Å².